The van der Waals surface area contributed by atoms with Gasteiger partial charge in [0.25, 0.3) is 0 Å². The van der Waals surface area contributed by atoms with Gasteiger partial charge in [-0.1, -0.05) is 37.3 Å². The molecule has 29 heavy (non-hydrogen) atoms. The van der Waals surface area contributed by atoms with E-state index in [4.69, 9.17) is 9.15 Å². The third-order valence-corrected chi connectivity index (χ3v) is 5.15. The van der Waals surface area contributed by atoms with Crippen LogP contribution in [0.1, 0.15) is 52.8 Å². The van der Waals surface area contributed by atoms with Crippen molar-refractivity contribution in [2.24, 2.45) is 5.10 Å². The maximum absolute atomic E-state index is 12.7. The monoisotopic (exact) mass is 388 g/mol. The fourth-order valence-electron chi connectivity index (χ4n) is 3.57. The van der Waals surface area contributed by atoms with Gasteiger partial charge < -0.3 is 9.15 Å². The zero-order valence-electron chi connectivity index (χ0n) is 16.7. The van der Waals surface area contributed by atoms with Crippen LogP contribution in [0.5, 0.6) is 5.75 Å². The first-order valence-electron chi connectivity index (χ1n) is 9.97. The first-order chi connectivity index (χ1) is 14.2. The summed E-state index contributed by atoms with van der Waals surface area (Å²) in [5.41, 5.74) is 7.83. The van der Waals surface area contributed by atoms with Crippen LogP contribution in [-0.4, -0.2) is 11.7 Å². The van der Waals surface area contributed by atoms with Crippen molar-refractivity contribution in [1.82, 2.24) is 0 Å². The highest BCUT2D eigenvalue weighted by molar-refractivity contribution is 6.06. The normalized spacial score (nSPS) is 14.5. The molecule has 1 aliphatic carbocycles. The molecule has 2 aromatic carbocycles. The predicted octanol–water partition coefficient (Wildman–Crippen LogP) is 5.52. The highest BCUT2D eigenvalue weighted by Gasteiger charge is 2.29. The maximum atomic E-state index is 12.7. The Balaban J connectivity index is 1.57. The van der Waals surface area contributed by atoms with Crippen molar-refractivity contribution in [1.29, 1.82) is 0 Å². The van der Waals surface area contributed by atoms with Gasteiger partial charge in [-0.15, -0.1) is 0 Å². The van der Waals surface area contributed by atoms with Gasteiger partial charge in [-0.05, 0) is 56.0 Å². The number of carbonyl (C=O) groups excluding carboxylic acids is 1. The molecule has 1 N–H and O–H groups in total. The number of ether oxygens (including phenoxy) is 1. The Bertz CT molecular complexity index is 1030. The van der Waals surface area contributed by atoms with E-state index in [2.05, 4.69) is 17.5 Å². The van der Waals surface area contributed by atoms with E-state index >= 15 is 0 Å². The summed E-state index contributed by atoms with van der Waals surface area (Å²) in [5, 5.41) is 4.59. The van der Waals surface area contributed by atoms with Gasteiger partial charge in [0.1, 0.15) is 11.5 Å². The van der Waals surface area contributed by atoms with E-state index in [0.717, 1.165) is 54.0 Å². The molecule has 5 nitrogen and oxygen atoms in total. The van der Waals surface area contributed by atoms with Crippen molar-refractivity contribution in [2.45, 2.75) is 39.5 Å². The molecule has 5 heteroatoms. The zero-order valence-corrected chi connectivity index (χ0v) is 16.7. The lowest BCUT2D eigenvalue weighted by Gasteiger charge is -2.13. The smallest absolute Gasteiger partial charge is 0.379 e. The topological polar surface area (TPSA) is 63.8 Å². The first kappa shape index (κ1) is 19.0. The number of hydrogen-bond donors (Lipinski definition) is 1. The zero-order chi connectivity index (χ0) is 20.2. The average molecular weight is 388 g/mol. The number of carbonyl (C=O) groups is 1. The summed E-state index contributed by atoms with van der Waals surface area (Å²) in [4.78, 5) is 12.7. The van der Waals surface area contributed by atoms with Gasteiger partial charge in [-0.3, -0.25) is 5.43 Å². The molecule has 0 spiro atoms. The highest BCUT2D eigenvalue weighted by Crippen LogP contribution is 2.31. The van der Waals surface area contributed by atoms with Crippen LogP contribution >= 0.6 is 0 Å². The third-order valence-electron chi connectivity index (χ3n) is 5.15. The summed E-state index contributed by atoms with van der Waals surface area (Å²) in [6.07, 6.45) is 3.50. The Labute approximate surface area is 170 Å². The van der Waals surface area contributed by atoms with Gasteiger partial charge >= 0.3 is 5.97 Å². The fraction of sp³-hybridized carbons (Fsp3) is 0.250. The quantitative estimate of drug-likeness (QED) is 0.355. The van der Waals surface area contributed by atoms with Crippen molar-refractivity contribution in [3.05, 3.63) is 82.8 Å². The molecule has 0 aliphatic heterocycles. The molecule has 1 heterocycles. The van der Waals surface area contributed by atoms with Gasteiger partial charge in [0.05, 0.1) is 11.4 Å². The van der Waals surface area contributed by atoms with E-state index in [1.54, 1.807) is 0 Å². The third kappa shape index (κ3) is 4.09. The summed E-state index contributed by atoms with van der Waals surface area (Å²) >= 11 is 0. The number of hydrazone groups is 1. The molecule has 0 amide bonds. The van der Waals surface area contributed by atoms with Crippen molar-refractivity contribution in [2.75, 3.05) is 5.43 Å². The number of fused-ring (bicyclic) bond motifs is 1. The van der Waals surface area contributed by atoms with E-state index in [1.165, 1.54) is 5.56 Å². The largest absolute Gasteiger partial charge is 0.453 e. The van der Waals surface area contributed by atoms with Crippen LogP contribution < -0.4 is 10.2 Å². The number of nitrogens with one attached hydrogen (secondary N) is 1. The minimum atomic E-state index is -0.475. The van der Waals surface area contributed by atoms with Crippen LogP contribution in [0.2, 0.25) is 0 Å². The average Bonchev–Trinajstić information content (AvgIpc) is 3.11. The SMILES string of the molecule is CCc1ccc(OC(=O)c2oc3c(c2C)/C(=N/Nc2ccccc2)CCC3)cc1. The summed E-state index contributed by atoms with van der Waals surface area (Å²) < 4.78 is 11.4. The number of furan rings is 1. The molecule has 0 unspecified atom stereocenters. The molecule has 148 valence electrons. The molecular weight excluding hydrogens is 364 g/mol. The number of nitrogens with zero attached hydrogens (tertiary/aromatic N) is 1. The molecule has 0 saturated carbocycles. The molecule has 1 aromatic heterocycles. The van der Waals surface area contributed by atoms with Crippen molar-refractivity contribution in [3.63, 3.8) is 0 Å². The molecule has 0 radical (unpaired) electrons. The number of hydrogen-bond acceptors (Lipinski definition) is 5. The van der Waals surface area contributed by atoms with Crippen LogP contribution in [0.3, 0.4) is 0 Å². The second-order valence-electron chi connectivity index (χ2n) is 7.13. The van der Waals surface area contributed by atoms with E-state index in [1.807, 2.05) is 61.5 Å². The molecule has 0 bridgehead atoms. The minimum Gasteiger partial charge on any atom is -0.453 e. The molecule has 1 aliphatic rings. The van der Waals surface area contributed by atoms with Crippen LogP contribution in [0.4, 0.5) is 5.69 Å². The maximum Gasteiger partial charge on any atom is 0.379 e. The number of rotatable bonds is 5. The Morgan fingerprint density at radius 2 is 1.86 bits per heavy atom. The van der Waals surface area contributed by atoms with Crippen molar-refractivity contribution < 1.29 is 13.9 Å². The van der Waals surface area contributed by atoms with Crippen molar-refractivity contribution in [3.8, 4) is 5.75 Å². The minimum absolute atomic E-state index is 0.254. The number of esters is 1. The number of para-hydroxylation sites is 1. The van der Waals surface area contributed by atoms with Gasteiger partial charge in [-0.2, -0.15) is 5.10 Å². The van der Waals surface area contributed by atoms with Gasteiger partial charge in [0, 0.05) is 17.5 Å². The molecule has 0 fully saturated rings. The van der Waals surface area contributed by atoms with E-state index < -0.39 is 5.97 Å². The van der Waals surface area contributed by atoms with E-state index in [-0.39, 0.29) is 5.76 Å². The van der Waals surface area contributed by atoms with Crippen LogP contribution in [-0.2, 0) is 12.8 Å². The lowest BCUT2D eigenvalue weighted by atomic mass is 9.93. The Hall–Kier alpha value is -3.34. The number of anilines is 1. The second-order valence-corrected chi connectivity index (χ2v) is 7.13. The Kier molecular flexibility index (Phi) is 5.47. The molecule has 0 atom stereocenters. The standard InChI is InChI=1S/C24H24N2O3/c1-3-17-12-14-19(15-13-17)28-24(27)23-16(2)22-20(10-7-11-21(22)29-23)26-25-18-8-5-4-6-9-18/h4-6,8-9,12-15,25H,3,7,10-11H2,1-2H3/b26-20+. The summed E-state index contributed by atoms with van der Waals surface area (Å²) in [5.74, 6) is 1.09. The lowest BCUT2D eigenvalue weighted by Crippen LogP contribution is -2.13. The number of aryl methyl sites for hydroxylation is 2. The van der Waals surface area contributed by atoms with E-state index in [0.29, 0.717) is 5.75 Å². The van der Waals surface area contributed by atoms with Gasteiger partial charge in [0.2, 0.25) is 5.76 Å². The molecule has 0 saturated heterocycles. The molecule has 4 rings (SSSR count). The highest BCUT2D eigenvalue weighted by atomic mass is 16.5. The van der Waals surface area contributed by atoms with Crippen LogP contribution in [0.15, 0.2) is 64.1 Å². The van der Waals surface area contributed by atoms with Crippen LogP contribution in [0.25, 0.3) is 0 Å². The Morgan fingerprint density at radius 3 is 2.59 bits per heavy atom. The van der Waals surface area contributed by atoms with Gasteiger partial charge in [-0.25, -0.2) is 4.79 Å². The summed E-state index contributed by atoms with van der Waals surface area (Å²) in [6.45, 7) is 3.98. The van der Waals surface area contributed by atoms with Gasteiger partial charge in [0.15, 0.2) is 0 Å². The van der Waals surface area contributed by atoms with E-state index in [9.17, 15) is 4.79 Å². The summed E-state index contributed by atoms with van der Waals surface area (Å²) in [7, 11) is 0. The first-order valence-corrected chi connectivity index (χ1v) is 9.97. The fourth-order valence-corrected chi connectivity index (χ4v) is 3.57. The Morgan fingerprint density at radius 1 is 1.10 bits per heavy atom. The van der Waals surface area contributed by atoms with Crippen LogP contribution in [0, 0.1) is 6.92 Å². The second kappa shape index (κ2) is 8.35. The predicted molar refractivity (Wildman–Crippen MR) is 114 cm³/mol. The number of benzene rings is 2. The molecular formula is C24H24N2O3. The summed E-state index contributed by atoms with van der Waals surface area (Å²) in [6, 6.07) is 17.3. The molecule has 3 aromatic rings. The lowest BCUT2D eigenvalue weighted by molar-refractivity contribution is 0.0698. The van der Waals surface area contributed by atoms with Crippen molar-refractivity contribution >= 4 is 17.4 Å².